The van der Waals surface area contributed by atoms with Crippen LogP contribution in [0.25, 0.3) is 0 Å². The minimum absolute atomic E-state index is 0.372. The number of ether oxygens (including phenoxy) is 2. The van der Waals surface area contributed by atoms with Gasteiger partial charge in [0.15, 0.2) is 2.86 Å². The fraction of sp³-hybridized carbons (Fsp3) is 1.00. The van der Waals surface area contributed by atoms with Gasteiger partial charge in [0.05, 0.1) is 40.0 Å². The minimum atomic E-state index is -3.72. The van der Waals surface area contributed by atoms with Gasteiger partial charge >= 0.3 is 43.0 Å². The molecule has 43 heavy (non-hydrogen) atoms. The third-order valence-corrected chi connectivity index (χ3v) is 26.6. The molecule has 252 valence electrons. The lowest BCUT2D eigenvalue weighted by Gasteiger charge is -2.47. The Morgan fingerprint density at radius 2 is 1.37 bits per heavy atom. The molecule has 20 heteroatoms. The minimum Gasteiger partial charge on any atom is -0.424 e. The van der Waals surface area contributed by atoms with Gasteiger partial charge in [-0.05, 0) is 58.3 Å². The summed E-state index contributed by atoms with van der Waals surface area (Å²) in [5, 5.41) is 3.33. The molecule has 2 aliphatic rings. The van der Waals surface area contributed by atoms with Crippen LogP contribution >= 0.6 is 0 Å². The van der Waals surface area contributed by atoms with Gasteiger partial charge in [0.1, 0.15) is 8.19 Å². The number of nitrogens with one attached hydrogen (secondary N) is 1. The van der Waals surface area contributed by atoms with Crippen molar-refractivity contribution in [3.63, 3.8) is 0 Å². The van der Waals surface area contributed by atoms with E-state index in [2.05, 4.69) is 15.1 Å². The van der Waals surface area contributed by atoms with Gasteiger partial charge in [-0.25, -0.2) is 0 Å². The third-order valence-electron chi connectivity index (χ3n) is 6.56. The van der Waals surface area contributed by atoms with E-state index >= 15 is 0 Å². The molecule has 2 fully saturated rings. The molecule has 0 spiro atoms. The van der Waals surface area contributed by atoms with E-state index in [4.69, 9.17) is 55.7 Å². The summed E-state index contributed by atoms with van der Waals surface area (Å²) in [6.07, 6.45) is 1.64. The summed E-state index contributed by atoms with van der Waals surface area (Å²) in [5.74, 6) is 0. The molecule has 0 aliphatic carbocycles. The normalized spacial score (nSPS) is 23.2. The average Bonchev–Trinajstić information content (AvgIpc) is 2.91. The van der Waals surface area contributed by atoms with Crippen molar-refractivity contribution < 1.29 is 39.6 Å². The van der Waals surface area contributed by atoms with Crippen LogP contribution in [-0.2, 0) is 30.0 Å². The Labute approximate surface area is 270 Å². The van der Waals surface area contributed by atoms with Gasteiger partial charge in [-0.1, -0.05) is 13.1 Å². The topological polar surface area (TPSA) is 150 Å². The van der Waals surface area contributed by atoms with E-state index in [0.29, 0.717) is 64.4 Å². The Kier molecular flexibility index (Phi) is 14.8. The first-order valence-electron chi connectivity index (χ1n) is 16.3. The monoisotopic (exact) mass is 716 g/mol. The number of rotatable bonds is 22. The molecule has 5 N–H and O–H groups in total. The second kappa shape index (κ2) is 17.3. The highest BCUT2D eigenvalue weighted by Crippen LogP contribution is 2.31. The first-order chi connectivity index (χ1) is 20.9. The average molecular weight is 717 g/mol. The van der Waals surface area contributed by atoms with Gasteiger partial charge in [-0.15, -0.1) is 0 Å². The SMILES string of the molecule is [2H]O[Si](C)(C)O[Si](C)(CCCNCCN)O[Si](C)(C)O[Si](CN1CCOCC1)(O[Si]([B])(C)C)O[Si](C)(CN1CCOCC1)O[2H]. The molecule has 3 unspecified atom stereocenters. The number of morpholine rings is 2. The van der Waals surface area contributed by atoms with Crippen LogP contribution in [0.3, 0.4) is 0 Å². The summed E-state index contributed by atoms with van der Waals surface area (Å²) in [5.41, 5.74) is 5.65. The molecule has 0 bridgehead atoms. The highest BCUT2D eigenvalue weighted by atomic mass is 28.5. The predicted octanol–water partition coefficient (Wildman–Crippen LogP) is 0.0920. The molecule has 2 aliphatic heterocycles. The van der Waals surface area contributed by atoms with Gasteiger partial charge < -0.3 is 50.7 Å². The summed E-state index contributed by atoms with van der Waals surface area (Å²) >= 11 is 0. The standard InChI is InChI=1S/C23H59BN4O9Si6/c1-38(2,24)33-43(23-28-15-19-32-20-16-28,37-41(7,30)22-27-13-17-31-18-14-27)36-40(5,6)35-42(8,34-39(3,4)29)21-9-11-26-12-10-25/h26,29-30H,9-23,25H2,1-8H3/i29D,30D. The van der Waals surface area contributed by atoms with Gasteiger partial charge in [0, 0.05) is 45.4 Å². The van der Waals surface area contributed by atoms with Gasteiger partial charge in [-0.3, -0.25) is 9.80 Å². The molecule has 2 saturated heterocycles. The quantitative estimate of drug-likeness (QED) is 0.0887. The van der Waals surface area contributed by atoms with E-state index in [0.717, 1.165) is 32.6 Å². The molecule has 0 amide bonds. The van der Waals surface area contributed by atoms with Gasteiger partial charge in [0.2, 0.25) is 0 Å². The lowest BCUT2D eigenvalue weighted by atomic mass is 10.5. The smallest absolute Gasteiger partial charge is 0.424 e. The summed E-state index contributed by atoms with van der Waals surface area (Å²) in [6.45, 7) is 22.7. The second-order valence-corrected chi connectivity index (χ2v) is 33.2. The third kappa shape index (κ3) is 17.0. The van der Waals surface area contributed by atoms with Gasteiger partial charge in [0.25, 0.3) is 0 Å². The molecule has 2 heterocycles. The van der Waals surface area contributed by atoms with E-state index in [-0.39, 0.29) is 0 Å². The van der Waals surface area contributed by atoms with E-state index in [9.17, 15) is 0 Å². The zero-order valence-electron chi connectivity index (χ0n) is 29.8. The number of hydrogen-bond donors (Lipinski definition) is 4. The van der Waals surface area contributed by atoms with Crippen molar-refractivity contribution in [2.75, 3.05) is 84.6 Å². The van der Waals surface area contributed by atoms with Crippen LogP contribution in [0.1, 0.15) is 6.42 Å². The molecule has 2 rings (SSSR count). The van der Waals surface area contributed by atoms with Crippen LogP contribution in [0.2, 0.25) is 58.4 Å². The fourth-order valence-electron chi connectivity index (χ4n) is 5.44. The second-order valence-electron chi connectivity index (χ2n) is 13.3. The number of nitrogens with zero attached hydrogens (tertiary/aromatic N) is 2. The Morgan fingerprint density at radius 1 is 0.791 bits per heavy atom. The maximum atomic E-state index is 8.19. The van der Waals surface area contributed by atoms with Crippen molar-refractivity contribution in [3.8, 4) is 0 Å². The molecule has 2 radical (unpaired) electrons. The zero-order chi connectivity index (χ0) is 33.8. The van der Waals surface area contributed by atoms with Gasteiger partial charge in [-0.2, -0.15) is 0 Å². The summed E-state index contributed by atoms with van der Waals surface area (Å²) in [7, 11) is -11.9. The Balaban J connectivity index is 2.46. The Morgan fingerprint density at radius 3 is 1.88 bits per heavy atom. The van der Waals surface area contributed by atoms with Crippen molar-refractivity contribution in [1.82, 2.24) is 15.1 Å². The van der Waals surface area contributed by atoms with Crippen molar-refractivity contribution >= 4 is 58.7 Å². The van der Waals surface area contributed by atoms with Crippen molar-refractivity contribution in [2.24, 2.45) is 5.73 Å². The van der Waals surface area contributed by atoms with E-state index in [1.165, 1.54) is 0 Å². The molecular weight excluding hydrogens is 656 g/mol. The molecule has 13 nitrogen and oxygen atoms in total. The lowest BCUT2D eigenvalue weighted by Crippen LogP contribution is -2.70. The lowest BCUT2D eigenvalue weighted by molar-refractivity contribution is 0.0346. The van der Waals surface area contributed by atoms with Crippen molar-refractivity contribution in [2.45, 2.75) is 64.8 Å². The van der Waals surface area contributed by atoms with Crippen LogP contribution in [0, 0.1) is 0 Å². The summed E-state index contributed by atoms with van der Waals surface area (Å²) in [6, 6.07) is 0.667. The van der Waals surface area contributed by atoms with Crippen LogP contribution in [0.5, 0.6) is 0 Å². The largest absolute Gasteiger partial charge is 0.487 e. The van der Waals surface area contributed by atoms with Crippen LogP contribution in [-0.4, -0.2) is 166 Å². The highest BCUT2D eigenvalue weighted by Gasteiger charge is 2.56. The number of nitrogens with two attached hydrogens (primary N) is 1. The fourth-order valence-corrected chi connectivity index (χ4v) is 30.0. The Bertz CT molecular complexity index is 872. The predicted molar refractivity (Wildman–Crippen MR) is 183 cm³/mol. The van der Waals surface area contributed by atoms with Crippen LogP contribution < -0.4 is 11.1 Å². The molecular formula is C23H59BN4O9Si6. The van der Waals surface area contributed by atoms with E-state index in [1.807, 2.05) is 52.4 Å². The molecule has 0 aromatic carbocycles. The molecule has 0 aromatic rings. The highest BCUT2D eigenvalue weighted by molar-refractivity contribution is 7.14. The molecule has 0 saturated carbocycles. The molecule has 3 atom stereocenters. The number of hydrogen-bond acceptors (Lipinski definition) is 13. The maximum Gasteiger partial charge on any atom is 0.487 e. The van der Waals surface area contributed by atoms with Crippen LogP contribution in [0.15, 0.2) is 0 Å². The van der Waals surface area contributed by atoms with E-state index in [1.54, 1.807) is 0 Å². The first kappa shape index (κ1) is 36.7. The molecule has 0 aromatic heterocycles. The van der Waals surface area contributed by atoms with Crippen molar-refractivity contribution in [1.29, 1.82) is 2.86 Å². The van der Waals surface area contributed by atoms with Crippen LogP contribution in [0.4, 0.5) is 0 Å². The first-order valence-corrected chi connectivity index (χ1v) is 31.1. The Hall–Kier alpha value is 0.846. The van der Waals surface area contributed by atoms with E-state index < -0.39 is 51.2 Å². The summed E-state index contributed by atoms with van der Waals surface area (Å²) < 4.78 is 61.6. The van der Waals surface area contributed by atoms with Crippen molar-refractivity contribution in [3.05, 3.63) is 0 Å². The maximum absolute atomic E-state index is 8.19. The summed E-state index contributed by atoms with van der Waals surface area (Å²) in [4.78, 5) is 15.0. The zero-order valence-corrected chi connectivity index (χ0v) is 33.8.